The predicted molar refractivity (Wildman–Crippen MR) is 82.7 cm³/mol. The summed E-state index contributed by atoms with van der Waals surface area (Å²) in [7, 11) is 0. The molecule has 3 nitrogen and oxygen atoms in total. The SMILES string of the molecule is O=C1N[C@H](Cc2ccc(-c3ccccc3)cc2)C[C@H]1CO. The number of carbonyl (C=O) groups is 1. The molecule has 2 aromatic rings. The topological polar surface area (TPSA) is 49.3 Å². The number of aliphatic hydroxyl groups excluding tert-OH is 1. The Morgan fingerprint density at radius 3 is 2.29 bits per heavy atom. The van der Waals surface area contributed by atoms with Gasteiger partial charge < -0.3 is 10.4 Å². The van der Waals surface area contributed by atoms with E-state index in [9.17, 15) is 4.79 Å². The van der Waals surface area contributed by atoms with Crippen molar-refractivity contribution < 1.29 is 9.90 Å². The number of nitrogens with one attached hydrogen (secondary N) is 1. The predicted octanol–water partition coefficient (Wildman–Crippen LogP) is 2.39. The summed E-state index contributed by atoms with van der Waals surface area (Å²) in [6.45, 7) is -0.0602. The van der Waals surface area contributed by atoms with Crippen molar-refractivity contribution in [2.45, 2.75) is 18.9 Å². The van der Waals surface area contributed by atoms with Gasteiger partial charge in [0.05, 0.1) is 12.5 Å². The summed E-state index contributed by atoms with van der Waals surface area (Å²) >= 11 is 0. The van der Waals surface area contributed by atoms with Crippen LogP contribution in [0.15, 0.2) is 54.6 Å². The van der Waals surface area contributed by atoms with E-state index in [0.717, 1.165) is 12.8 Å². The summed E-state index contributed by atoms with van der Waals surface area (Å²) in [5, 5.41) is 12.1. The van der Waals surface area contributed by atoms with Crippen LogP contribution in [-0.2, 0) is 11.2 Å². The van der Waals surface area contributed by atoms with Gasteiger partial charge in [0.25, 0.3) is 0 Å². The molecule has 1 fully saturated rings. The number of aliphatic hydroxyl groups is 1. The van der Waals surface area contributed by atoms with Crippen LogP contribution in [0.4, 0.5) is 0 Å². The van der Waals surface area contributed by atoms with Crippen LogP contribution in [0.1, 0.15) is 12.0 Å². The lowest BCUT2D eigenvalue weighted by atomic mass is 9.98. The number of rotatable bonds is 4. The molecule has 1 aliphatic rings. The third-order valence-electron chi connectivity index (χ3n) is 4.05. The van der Waals surface area contributed by atoms with Crippen LogP contribution < -0.4 is 5.32 Å². The minimum absolute atomic E-state index is 0.0246. The van der Waals surface area contributed by atoms with Gasteiger partial charge in [0.2, 0.25) is 5.91 Å². The molecule has 3 heteroatoms. The minimum Gasteiger partial charge on any atom is -0.396 e. The fourth-order valence-electron chi connectivity index (χ4n) is 2.87. The van der Waals surface area contributed by atoms with E-state index in [1.807, 2.05) is 18.2 Å². The molecule has 1 heterocycles. The molecule has 0 spiro atoms. The lowest BCUT2D eigenvalue weighted by Gasteiger charge is -2.10. The molecular formula is C18H19NO2. The van der Waals surface area contributed by atoms with Gasteiger partial charge in [0.15, 0.2) is 0 Å². The number of amides is 1. The first-order valence-corrected chi connectivity index (χ1v) is 7.32. The molecule has 108 valence electrons. The number of hydrogen-bond donors (Lipinski definition) is 2. The Hall–Kier alpha value is -2.13. The van der Waals surface area contributed by atoms with Crippen molar-refractivity contribution in [3.8, 4) is 11.1 Å². The van der Waals surface area contributed by atoms with Crippen molar-refractivity contribution in [2.24, 2.45) is 5.92 Å². The lowest BCUT2D eigenvalue weighted by molar-refractivity contribution is -0.123. The summed E-state index contributed by atoms with van der Waals surface area (Å²) in [6.07, 6.45) is 1.53. The molecule has 0 aliphatic carbocycles. The van der Waals surface area contributed by atoms with Gasteiger partial charge in [-0.25, -0.2) is 0 Å². The lowest BCUT2D eigenvalue weighted by Crippen LogP contribution is -2.28. The number of benzene rings is 2. The fourth-order valence-corrected chi connectivity index (χ4v) is 2.87. The highest BCUT2D eigenvalue weighted by Gasteiger charge is 2.30. The Morgan fingerprint density at radius 1 is 1.00 bits per heavy atom. The molecule has 2 atom stereocenters. The van der Waals surface area contributed by atoms with Crippen molar-refractivity contribution >= 4 is 5.91 Å². The molecule has 0 bridgehead atoms. The second-order valence-corrected chi connectivity index (χ2v) is 5.59. The average Bonchev–Trinajstić information content (AvgIpc) is 2.88. The third kappa shape index (κ3) is 3.14. The van der Waals surface area contributed by atoms with Crippen molar-refractivity contribution in [1.82, 2.24) is 5.32 Å². The van der Waals surface area contributed by atoms with E-state index < -0.39 is 0 Å². The summed E-state index contributed by atoms with van der Waals surface area (Å²) in [6, 6.07) is 18.9. The highest BCUT2D eigenvalue weighted by atomic mass is 16.3. The Kier molecular flexibility index (Phi) is 4.02. The van der Waals surface area contributed by atoms with E-state index in [0.29, 0.717) is 0 Å². The van der Waals surface area contributed by atoms with Gasteiger partial charge in [0, 0.05) is 6.04 Å². The molecule has 21 heavy (non-hydrogen) atoms. The van der Waals surface area contributed by atoms with Gasteiger partial charge in [-0.05, 0) is 29.5 Å². The zero-order valence-corrected chi connectivity index (χ0v) is 11.8. The van der Waals surface area contributed by atoms with Crippen LogP contribution >= 0.6 is 0 Å². The van der Waals surface area contributed by atoms with E-state index >= 15 is 0 Å². The Morgan fingerprint density at radius 2 is 1.67 bits per heavy atom. The average molecular weight is 281 g/mol. The van der Waals surface area contributed by atoms with Gasteiger partial charge in [-0.3, -0.25) is 4.79 Å². The fraction of sp³-hybridized carbons (Fsp3) is 0.278. The molecule has 0 unspecified atom stereocenters. The van der Waals surface area contributed by atoms with Gasteiger partial charge in [-0.15, -0.1) is 0 Å². The Balaban J connectivity index is 1.67. The van der Waals surface area contributed by atoms with E-state index in [4.69, 9.17) is 5.11 Å². The Bertz CT molecular complexity index is 607. The summed E-state index contributed by atoms with van der Waals surface area (Å²) in [5.74, 6) is -0.262. The summed E-state index contributed by atoms with van der Waals surface area (Å²) < 4.78 is 0. The zero-order valence-electron chi connectivity index (χ0n) is 11.8. The first-order valence-electron chi connectivity index (χ1n) is 7.32. The molecule has 0 aromatic heterocycles. The molecule has 3 rings (SSSR count). The zero-order chi connectivity index (χ0) is 14.7. The van der Waals surface area contributed by atoms with Gasteiger partial charge in [-0.2, -0.15) is 0 Å². The van der Waals surface area contributed by atoms with Gasteiger partial charge >= 0.3 is 0 Å². The molecular weight excluding hydrogens is 262 g/mol. The molecule has 0 saturated carbocycles. The highest BCUT2D eigenvalue weighted by molar-refractivity contribution is 5.81. The second-order valence-electron chi connectivity index (χ2n) is 5.59. The van der Waals surface area contributed by atoms with Crippen LogP contribution in [0, 0.1) is 5.92 Å². The maximum absolute atomic E-state index is 11.6. The largest absolute Gasteiger partial charge is 0.396 e. The molecule has 0 radical (unpaired) electrons. The van der Waals surface area contributed by atoms with Crippen LogP contribution in [0.2, 0.25) is 0 Å². The van der Waals surface area contributed by atoms with Crippen molar-refractivity contribution in [3.05, 3.63) is 60.2 Å². The molecule has 2 aromatic carbocycles. The van der Waals surface area contributed by atoms with Crippen molar-refractivity contribution in [2.75, 3.05) is 6.61 Å². The first kappa shape index (κ1) is 13.8. The molecule has 2 N–H and O–H groups in total. The minimum atomic E-state index is -0.237. The van der Waals surface area contributed by atoms with E-state index in [-0.39, 0.29) is 24.5 Å². The van der Waals surface area contributed by atoms with Crippen molar-refractivity contribution in [1.29, 1.82) is 0 Å². The number of carbonyl (C=O) groups excluding carboxylic acids is 1. The first-order chi connectivity index (χ1) is 10.3. The maximum Gasteiger partial charge on any atom is 0.225 e. The third-order valence-corrected chi connectivity index (χ3v) is 4.05. The monoisotopic (exact) mass is 281 g/mol. The standard InChI is InChI=1S/C18H19NO2/c20-12-16-11-17(19-18(16)21)10-13-6-8-15(9-7-13)14-4-2-1-3-5-14/h1-9,16-17,20H,10-12H2,(H,19,21)/t16-,17+/m0/s1. The summed E-state index contributed by atoms with van der Waals surface area (Å²) in [5.41, 5.74) is 3.61. The van der Waals surface area contributed by atoms with Gasteiger partial charge in [-0.1, -0.05) is 54.6 Å². The molecule has 1 amide bonds. The van der Waals surface area contributed by atoms with Gasteiger partial charge in [0.1, 0.15) is 0 Å². The van der Waals surface area contributed by atoms with Crippen LogP contribution in [-0.4, -0.2) is 23.7 Å². The molecule has 1 aliphatic heterocycles. The quantitative estimate of drug-likeness (QED) is 0.904. The second kappa shape index (κ2) is 6.10. The van der Waals surface area contributed by atoms with Crippen molar-refractivity contribution in [3.63, 3.8) is 0 Å². The van der Waals surface area contributed by atoms with E-state index in [1.165, 1.54) is 16.7 Å². The normalized spacial score (nSPS) is 21.3. The molecule has 1 saturated heterocycles. The van der Waals surface area contributed by atoms with Crippen LogP contribution in [0.3, 0.4) is 0 Å². The van der Waals surface area contributed by atoms with E-state index in [1.54, 1.807) is 0 Å². The number of hydrogen-bond acceptors (Lipinski definition) is 2. The highest BCUT2D eigenvalue weighted by Crippen LogP contribution is 2.22. The van der Waals surface area contributed by atoms with Crippen LogP contribution in [0.5, 0.6) is 0 Å². The smallest absolute Gasteiger partial charge is 0.225 e. The Labute approximate surface area is 124 Å². The summed E-state index contributed by atoms with van der Waals surface area (Å²) in [4.78, 5) is 11.6. The van der Waals surface area contributed by atoms with E-state index in [2.05, 4.69) is 41.7 Å². The van der Waals surface area contributed by atoms with Crippen LogP contribution in [0.25, 0.3) is 11.1 Å². The maximum atomic E-state index is 11.6.